The molecule has 2 heterocycles. The van der Waals surface area contributed by atoms with Crippen LogP contribution in [0, 0.1) is 13.8 Å². The second kappa shape index (κ2) is 10.7. The van der Waals surface area contributed by atoms with E-state index in [1.54, 1.807) is 7.05 Å². The number of aliphatic imine (C=N–C) groups is 1. The number of nitrogens with zero attached hydrogens (tertiary/aromatic N) is 2. The van der Waals surface area contributed by atoms with Crippen LogP contribution >= 0.6 is 24.0 Å². The first-order valence-electron chi connectivity index (χ1n) is 10.3. The van der Waals surface area contributed by atoms with Crippen molar-refractivity contribution in [1.82, 2.24) is 15.6 Å². The first-order chi connectivity index (χ1) is 14.6. The molecule has 0 radical (unpaired) electrons. The molecule has 164 valence electrons. The molecule has 31 heavy (non-hydrogen) atoms. The number of nitrogens with one attached hydrogen (secondary N) is 2. The summed E-state index contributed by atoms with van der Waals surface area (Å²) in [5.74, 6) is 3.25. The van der Waals surface area contributed by atoms with E-state index in [1.807, 2.05) is 13.8 Å². The lowest BCUT2D eigenvalue weighted by molar-refractivity contribution is 0.288. The third-order valence-corrected chi connectivity index (χ3v) is 5.36. The zero-order valence-electron chi connectivity index (χ0n) is 18.2. The molecule has 0 spiro atoms. The van der Waals surface area contributed by atoms with Crippen LogP contribution in [0.15, 0.2) is 51.9 Å². The fraction of sp³-hybridized carbons (Fsp3) is 0.333. The number of oxazole rings is 1. The van der Waals surface area contributed by atoms with Crippen LogP contribution in [0.25, 0.3) is 11.1 Å². The summed E-state index contributed by atoms with van der Waals surface area (Å²) < 4.78 is 11.3. The molecule has 6 nitrogen and oxygen atoms in total. The van der Waals surface area contributed by atoms with Crippen LogP contribution in [0.2, 0.25) is 0 Å². The number of guanidine groups is 1. The molecule has 0 fully saturated rings. The highest BCUT2D eigenvalue weighted by Crippen LogP contribution is 2.30. The molecule has 0 saturated carbocycles. The largest absolute Gasteiger partial charge is 0.493 e. The summed E-state index contributed by atoms with van der Waals surface area (Å²) in [6, 6.07) is 15.1. The fourth-order valence-corrected chi connectivity index (χ4v) is 3.54. The fourth-order valence-electron chi connectivity index (χ4n) is 3.54. The Bertz CT molecular complexity index is 1020. The van der Waals surface area contributed by atoms with Crippen molar-refractivity contribution in [3.05, 3.63) is 70.9 Å². The van der Waals surface area contributed by atoms with E-state index in [9.17, 15) is 0 Å². The number of benzene rings is 2. The molecular formula is C24H29IN4O2. The molecule has 2 aromatic carbocycles. The maximum absolute atomic E-state index is 5.72. The first-order valence-corrected chi connectivity index (χ1v) is 10.3. The zero-order valence-corrected chi connectivity index (χ0v) is 20.5. The number of hydrogen-bond donors (Lipinski definition) is 2. The van der Waals surface area contributed by atoms with Crippen LogP contribution < -0.4 is 15.4 Å². The van der Waals surface area contributed by atoms with E-state index in [2.05, 4.69) is 63.1 Å². The van der Waals surface area contributed by atoms with Crippen molar-refractivity contribution in [2.45, 2.75) is 39.8 Å². The van der Waals surface area contributed by atoms with Crippen molar-refractivity contribution >= 4 is 29.9 Å². The molecule has 2 N–H and O–H groups in total. The van der Waals surface area contributed by atoms with Gasteiger partial charge in [0.2, 0.25) is 5.89 Å². The second-order valence-corrected chi connectivity index (χ2v) is 7.50. The van der Waals surface area contributed by atoms with E-state index < -0.39 is 0 Å². The Morgan fingerprint density at radius 2 is 1.77 bits per heavy atom. The van der Waals surface area contributed by atoms with Crippen LogP contribution in [0.4, 0.5) is 0 Å². The quantitative estimate of drug-likeness (QED) is 0.282. The van der Waals surface area contributed by atoms with Gasteiger partial charge in [0.25, 0.3) is 0 Å². The molecular weight excluding hydrogens is 503 g/mol. The predicted octanol–water partition coefficient (Wildman–Crippen LogP) is 4.77. The number of aromatic nitrogens is 1. The molecule has 0 atom stereocenters. The highest BCUT2D eigenvalue weighted by molar-refractivity contribution is 14.0. The zero-order chi connectivity index (χ0) is 20.9. The van der Waals surface area contributed by atoms with Crippen LogP contribution in [0.1, 0.15) is 34.9 Å². The van der Waals surface area contributed by atoms with Crippen molar-refractivity contribution in [2.75, 3.05) is 13.7 Å². The van der Waals surface area contributed by atoms with Crippen molar-refractivity contribution in [3.8, 4) is 16.9 Å². The summed E-state index contributed by atoms with van der Waals surface area (Å²) in [5.41, 5.74) is 5.85. The molecule has 0 bridgehead atoms. The van der Waals surface area contributed by atoms with E-state index in [1.165, 1.54) is 22.3 Å². The highest BCUT2D eigenvalue weighted by Gasteiger charge is 2.11. The molecule has 0 amide bonds. The Balaban J connectivity index is 0.00000272. The maximum atomic E-state index is 5.72. The third kappa shape index (κ3) is 5.78. The molecule has 3 aromatic rings. The van der Waals surface area contributed by atoms with Crippen LogP contribution in [0.3, 0.4) is 0 Å². The Kier molecular flexibility index (Phi) is 7.95. The van der Waals surface area contributed by atoms with Gasteiger partial charge < -0.3 is 19.8 Å². The molecule has 1 aliphatic rings. The van der Waals surface area contributed by atoms with E-state index >= 15 is 0 Å². The highest BCUT2D eigenvalue weighted by atomic mass is 127. The number of ether oxygens (including phenoxy) is 1. The average Bonchev–Trinajstić information content (AvgIpc) is 3.11. The van der Waals surface area contributed by atoms with Gasteiger partial charge in [0.05, 0.1) is 18.8 Å². The number of fused-ring (bicyclic) bond motifs is 1. The smallest absolute Gasteiger partial charge is 0.214 e. The van der Waals surface area contributed by atoms with Crippen molar-refractivity contribution < 1.29 is 9.15 Å². The van der Waals surface area contributed by atoms with E-state index in [0.29, 0.717) is 24.9 Å². The van der Waals surface area contributed by atoms with Gasteiger partial charge in [0.1, 0.15) is 11.5 Å². The summed E-state index contributed by atoms with van der Waals surface area (Å²) in [7, 11) is 1.75. The lowest BCUT2D eigenvalue weighted by Crippen LogP contribution is -2.36. The average molecular weight is 532 g/mol. The van der Waals surface area contributed by atoms with Gasteiger partial charge in [0.15, 0.2) is 5.96 Å². The number of halogens is 1. The third-order valence-electron chi connectivity index (χ3n) is 5.36. The topological polar surface area (TPSA) is 71.7 Å². The standard InChI is InChI=1S/C24H28N4O2.HI/c1-16-17(2)30-23(28-16)15-27-24(25-3)26-14-18-6-8-19(9-7-18)20-10-11-22-21(13-20)5-4-12-29-22;/h6-11,13H,4-5,12,14-15H2,1-3H3,(H2,25,26,27);1H. The summed E-state index contributed by atoms with van der Waals surface area (Å²) in [6.07, 6.45) is 2.18. The van der Waals surface area contributed by atoms with E-state index in [0.717, 1.165) is 36.7 Å². The van der Waals surface area contributed by atoms with Crippen molar-refractivity contribution in [2.24, 2.45) is 4.99 Å². The normalized spacial score (nSPS) is 13.1. The number of rotatable bonds is 5. The van der Waals surface area contributed by atoms with E-state index in [-0.39, 0.29) is 24.0 Å². The minimum absolute atomic E-state index is 0. The van der Waals surface area contributed by atoms with E-state index in [4.69, 9.17) is 9.15 Å². The van der Waals surface area contributed by atoms with Crippen LogP contribution in [0.5, 0.6) is 5.75 Å². The Hall–Kier alpha value is -2.55. The molecule has 0 saturated heterocycles. The summed E-state index contributed by atoms with van der Waals surface area (Å²) in [5, 5.41) is 6.56. The second-order valence-electron chi connectivity index (χ2n) is 7.50. The van der Waals surface area contributed by atoms with Crippen molar-refractivity contribution in [3.63, 3.8) is 0 Å². The summed E-state index contributed by atoms with van der Waals surface area (Å²) in [6.45, 7) is 5.86. The molecule has 4 rings (SSSR count). The van der Waals surface area contributed by atoms with Gasteiger partial charge in [-0.1, -0.05) is 30.3 Å². The lowest BCUT2D eigenvalue weighted by atomic mass is 9.98. The SMILES string of the molecule is CN=C(NCc1ccc(-c2ccc3c(c2)CCCO3)cc1)NCc1nc(C)c(C)o1.I. The lowest BCUT2D eigenvalue weighted by Gasteiger charge is -2.18. The summed E-state index contributed by atoms with van der Waals surface area (Å²) >= 11 is 0. The first kappa shape index (κ1) is 23.1. The van der Waals surface area contributed by atoms with Crippen molar-refractivity contribution in [1.29, 1.82) is 0 Å². The van der Waals surface area contributed by atoms with Gasteiger partial charge in [-0.05, 0) is 61.1 Å². The van der Waals surface area contributed by atoms with Gasteiger partial charge in [-0.2, -0.15) is 0 Å². The monoisotopic (exact) mass is 532 g/mol. The van der Waals surface area contributed by atoms with Gasteiger partial charge >= 0.3 is 0 Å². The van der Waals surface area contributed by atoms with Crippen LogP contribution in [-0.2, 0) is 19.5 Å². The minimum Gasteiger partial charge on any atom is -0.493 e. The van der Waals surface area contributed by atoms with Gasteiger partial charge in [-0.3, -0.25) is 4.99 Å². The molecule has 7 heteroatoms. The Morgan fingerprint density at radius 1 is 1.03 bits per heavy atom. The van der Waals surface area contributed by atoms with Crippen LogP contribution in [-0.4, -0.2) is 24.6 Å². The maximum Gasteiger partial charge on any atom is 0.214 e. The van der Waals surface area contributed by atoms with Gasteiger partial charge in [0, 0.05) is 13.6 Å². The number of aryl methyl sites for hydroxylation is 3. The summed E-state index contributed by atoms with van der Waals surface area (Å²) in [4.78, 5) is 8.65. The predicted molar refractivity (Wildman–Crippen MR) is 134 cm³/mol. The molecule has 0 unspecified atom stereocenters. The molecule has 0 aliphatic carbocycles. The minimum atomic E-state index is 0. The van der Waals surface area contributed by atoms with Gasteiger partial charge in [-0.25, -0.2) is 4.98 Å². The Labute approximate surface area is 200 Å². The Morgan fingerprint density at radius 3 is 2.48 bits per heavy atom. The van der Waals surface area contributed by atoms with Gasteiger partial charge in [-0.15, -0.1) is 24.0 Å². The number of hydrogen-bond acceptors (Lipinski definition) is 4. The molecule has 1 aliphatic heterocycles. The molecule has 1 aromatic heterocycles.